The summed E-state index contributed by atoms with van der Waals surface area (Å²) in [4.78, 5) is 0. The Hall–Kier alpha value is -0.600. The highest BCUT2D eigenvalue weighted by Gasteiger charge is 2.24. The molecule has 0 aromatic heterocycles. The van der Waals surface area contributed by atoms with Crippen molar-refractivity contribution in [2.75, 3.05) is 0 Å². The lowest BCUT2D eigenvalue weighted by molar-refractivity contribution is 0.239. The minimum atomic E-state index is -0.0968. The van der Waals surface area contributed by atoms with Gasteiger partial charge in [0.1, 0.15) is 5.82 Å². The fourth-order valence-corrected chi connectivity index (χ4v) is 2.16. The van der Waals surface area contributed by atoms with Gasteiger partial charge in [-0.3, -0.25) is 0 Å². The number of hydrogen-bond donors (Lipinski definition) is 1. The van der Waals surface area contributed by atoms with Crippen LogP contribution in [0.1, 0.15) is 30.9 Å². The molecule has 3 heteroatoms. The van der Waals surface area contributed by atoms with Crippen molar-refractivity contribution in [1.82, 2.24) is 5.32 Å². The highest BCUT2D eigenvalue weighted by molar-refractivity contribution is 5.85. The van der Waals surface area contributed by atoms with E-state index in [0.717, 1.165) is 17.0 Å². The third kappa shape index (κ3) is 3.19. The van der Waals surface area contributed by atoms with Gasteiger partial charge in [-0.25, -0.2) is 4.39 Å². The summed E-state index contributed by atoms with van der Waals surface area (Å²) >= 11 is 0. The first-order valence-electron chi connectivity index (χ1n) is 5.63. The van der Waals surface area contributed by atoms with Gasteiger partial charge in [-0.1, -0.05) is 24.6 Å². The van der Waals surface area contributed by atoms with E-state index in [4.69, 9.17) is 0 Å². The third-order valence-corrected chi connectivity index (χ3v) is 3.16. The molecule has 1 saturated carbocycles. The lowest BCUT2D eigenvalue weighted by Crippen LogP contribution is -2.39. The summed E-state index contributed by atoms with van der Waals surface area (Å²) in [5.41, 5.74) is 1.91. The Morgan fingerprint density at radius 3 is 2.69 bits per heavy atom. The smallest absolute Gasteiger partial charge is 0.127 e. The van der Waals surface area contributed by atoms with Crippen molar-refractivity contribution < 1.29 is 4.39 Å². The van der Waals surface area contributed by atoms with E-state index in [2.05, 4.69) is 12.2 Å². The molecule has 1 nitrogen and oxygen atoms in total. The number of halogens is 2. The second-order valence-corrected chi connectivity index (χ2v) is 4.75. The van der Waals surface area contributed by atoms with E-state index in [1.807, 2.05) is 19.1 Å². The highest BCUT2D eigenvalue weighted by Crippen LogP contribution is 2.26. The maximum absolute atomic E-state index is 13.4. The average molecular weight is 244 g/mol. The zero-order valence-electron chi connectivity index (χ0n) is 9.79. The number of aryl methyl sites for hydroxylation is 1. The number of nitrogens with one attached hydrogen (secondary N) is 1. The lowest BCUT2D eigenvalue weighted by Gasteiger charge is -2.33. The van der Waals surface area contributed by atoms with Crippen LogP contribution in [-0.2, 0) is 6.54 Å². The van der Waals surface area contributed by atoms with Gasteiger partial charge in [0, 0.05) is 18.2 Å². The second-order valence-electron chi connectivity index (χ2n) is 4.75. The molecule has 0 aliphatic heterocycles. The molecule has 1 aliphatic rings. The quantitative estimate of drug-likeness (QED) is 0.858. The van der Waals surface area contributed by atoms with Crippen LogP contribution in [-0.4, -0.2) is 6.04 Å². The molecule has 0 amide bonds. The van der Waals surface area contributed by atoms with Crippen LogP contribution in [0.5, 0.6) is 0 Å². The summed E-state index contributed by atoms with van der Waals surface area (Å²) in [5, 5.41) is 3.39. The van der Waals surface area contributed by atoms with Crippen LogP contribution in [0.2, 0.25) is 0 Å². The predicted molar refractivity (Wildman–Crippen MR) is 67.4 cm³/mol. The van der Waals surface area contributed by atoms with Crippen LogP contribution in [0.3, 0.4) is 0 Å². The molecule has 0 atom stereocenters. The van der Waals surface area contributed by atoms with Gasteiger partial charge in [0.15, 0.2) is 0 Å². The van der Waals surface area contributed by atoms with Crippen LogP contribution >= 0.6 is 12.4 Å². The zero-order valence-corrected chi connectivity index (χ0v) is 10.6. The Morgan fingerprint density at radius 1 is 1.38 bits per heavy atom. The molecule has 1 aliphatic carbocycles. The first-order valence-corrected chi connectivity index (χ1v) is 5.63. The minimum Gasteiger partial charge on any atom is -0.310 e. The van der Waals surface area contributed by atoms with E-state index < -0.39 is 0 Å². The number of hydrogen-bond acceptors (Lipinski definition) is 1. The summed E-state index contributed by atoms with van der Waals surface area (Å²) in [5.74, 6) is 0.741. The normalized spacial score (nSPS) is 23.4. The van der Waals surface area contributed by atoms with Crippen LogP contribution in [0.25, 0.3) is 0 Å². The standard InChI is InChI=1S/C13H18FN.ClH/c1-9-3-4-13(14)11(5-9)8-15-12-6-10(2)7-12;/h3-5,10,12,15H,6-8H2,1-2H3;1H. The molecule has 1 fully saturated rings. The minimum absolute atomic E-state index is 0. The predicted octanol–water partition coefficient (Wildman–Crippen LogP) is 3.44. The van der Waals surface area contributed by atoms with Crippen molar-refractivity contribution in [3.05, 3.63) is 35.1 Å². The van der Waals surface area contributed by atoms with E-state index in [0.29, 0.717) is 12.6 Å². The summed E-state index contributed by atoms with van der Waals surface area (Å²) in [6.07, 6.45) is 2.46. The van der Waals surface area contributed by atoms with Gasteiger partial charge in [-0.15, -0.1) is 12.4 Å². The first-order chi connectivity index (χ1) is 7.15. The highest BCUT2D eigenvalue weighted by atomic mass is 35.5. The molecule has 1 N–H and O–H groups in total. The lowest BCUT2D eigenvalue weighted by atomic mass is 9.82. The van der Waals surface area contributed by atoms with Crippen molar-refractivity contribution in [3.63, 3.8) is 0 Å². The first kappa shape index (κ1) is 13.5. The van der Waals surface area contributed by atoms with Crippen molar-refractivity contribution in [3.8, 4) is 0 Å². The summed E-state index contributed by atoms with van der Waals surface area (Å²) in [6.45, 7) is 4.91. The van der Waals surface area contributed by atoms with Crippen molar-refractivity contribution in [2.45, 2.75) is 39.3 Å². The Morgan fingerprint density at radius 2 is 2.06 bits per heavy atom. The van der Waals surface area contributed by atoms with Gasteiger partial charge in [-0.05, 0) is 31.7 Å². The third-order valence-electron chi connectivity index (χ3n) is 3.16. The number of rotatable bonds is 3. The van der Waals surface area contributed by atoms with Crippen molar-refractivity contribution in [2.24, 2.45) is 5.92 Å². The molecule has 0 heterocycles. The van der Waals surface area contributed by atoms with Crippen LogP contribution in [0, 0.1) is 18.7 Å². The van der Waals surface area contributed by atoms with E-state index in [9.17, 15) is 4.39 Å². The van der Waals surface area contributed by atoms with Crippen molar-refractivity contribution >= 4 is 12.4 Å². The molecular formula is C13H19ClFN. The van der Waals surface area contributed by atoms with Crippen molar-refractivity contribution in [1.29, 1.82) is 0 Å². The maximum atomic E-state index is 13.4. The largest absolute Gasteiger partial charge is 0.310 e. The summed E-state index contributed by atoms with van der Waals surface area (Å²) in [6, 6.07) is 5.88. The molecule has 16 heavy (non-hydrogen) atoms. The Bertz CT molecular complexity index is 348. The molecule has 0 unspecified atom stereocenters. The Balaban J connectivity index is 0.00000128. The molecule has 1 aromatic rings. The summed E-state index contributed by atoms with van der Waals surface area (Å²) < 4.78 is 13.4. The van der Waals surface area contributed by atoms with Gasteiger partial charge >= 0.3 is 0 Å². The Labute approximate surface area is 103 Å². The summed E-state index contributed by atoms with van der Waals surface area (Å²) in [7, 11) is 0. The fourth-order valence-electron chi connectivity index (χ4n) is 2.16. The monoisotopic (exact) mass is 243 g/mol. The van der Waals surface area contributed by atoms with E-state index in [1.165, 1.54) is 12.8 Å². The van der Waals surface area contributed by atoms with Gasteiger partial charge < -0.3 is 5.32 Å². The topological polar surface area (TPSA) is 12.0 Å². The molecule has 0 radical (unpaired) electrons. The SMILES string of the molecule is Cc1ccc(F)c(CNC2CC(C)C2)c1.Cl. The zero-order chi connectivity index (χ0) is 10.8. The van der Waals surface area contributed by atoms with E-state index in [1.54, 1.807) is 6.07 Å². The van der Waals surface area contributed by atoms with Gasteiger partial charge in [-0.2, -0.15) is 0 Å². The van der Waals surface area contributed by atoms with Gasteiger partial charge in [0.2, 0.25) is 0 Å². The number of benzene rings is 1. The van der Waals surface area contributed by atoms with Gasteiger partial charge in [0.25, 0.3) is 0 Å². The average Bonchev–Trinajstić information content (AvgIpc) is 2.16. The fraction of sp³-hybridized carbons (Fsp3) is 0.538. The van der Waals surface area contributed by atoms with E-state index >= 15 is 0 Å². The molecule has 0 saturated heterocycles. The second kappa shape index (κ2) is 5.65. The van der Waals surface area contributed by atoms with Crippen LogP contribution in [0.4, 0.5) is 4.39 Å². The molecular weight excluding hydrogens is 225 g/mol. The van der Waals surface area contributed by atoms with Gasteiger partial charge in [0.05, 0.1) is 0 Å². The molecule has 0 bridgehead atoms. The molecule has 0 spiro atoms. The molecule has 2 rings (SSSR count). The molecule has 1 aromatic carbocycles. The Kier molecular flexibility index (Phi) is 4.75. The van der Waals surface area contributed by atoms with E-state index in [-0.39, 0.29) is 18.2 Å². The maximum Gasteiger partial charge on any atom is 0.127 e. The molecule has 90 valence electrons. The van der Waals surface area contributed by atoms with Crippen LogP contribution in [0.15, 0.2) is 18.2 Å². The van der Waals surface area contributed by atoms with Crippen LogP contribution < -0.4 is 5.32 Å².